The van der Waals surface area contributed by atoms with Crippen LogP contribution in [0.1, 0.15) is 16.9 Å². The molecule has 0 radical (unpaired) electrons. The lowest BCUT2D eigenvalue weighted by molar-refractivity contribution is 0.963. The molecule has 4 heteroatoms. The number of rotatable bonds is 2. The maximum Gasteiger partial charge on any atom is 0.128 e. The second-order valence-electron chi connectivity index (χ2n) is 1.58. The summed E-state index contributed by atoms with van der Waals surface area (Å²) in [6, 6.07) is 0. The number of aryl methyl sites for hydroxylation is 1. The smallest absolute Gasteiger partial charge is 0.128 e. The van der Waals surface area contributed by atoms with Crippen molar-refractivity contribution in [3.8, 4) is 0 Å². The molecule has 9 heavy (non-hydrogen) atoms. The van der Waals surface area contributed by atoms with E-state index in [1.165, 1.54) is 0 Å². The van der Waals surface area contributed by atoms with Crippen molar-refractivity contribution in [3.63, 3.8) is 0 Å². The Morgan fingerprint density at radius 3 is 2.44 bits per heavy atom. The predicted octanol–water partition coefficient (Wildman–Crippen LogP) is 2.00. The fourth-order valence-corrected chi connectivity index (χ4v) is 1.57. The third-order valence-electron chi connectivity index (χ3n) is 0.925. The van der Waals surface area contributed by atoms with Gasteiger partial charge in [-0.05, 0) is 6.42 Å². The lowest BCUT2D eigenvalue weighted by Gasteiger charge is -1.77. The van der Waals surface area contributed by atoms with Crippen LogP contribution in [0.2, 0.25) is 0 Å². The summed E-state index contributed by atoms with van der Waals surface area (Å²) in [6.07, 6.45) is 0.991. The predicted molar refractivity (Wildman–Crippen MR) is 41.9 cm³/mol. The summed E-state index contributed by atoms with van der Waals surface area (Å²) in [7, 11) is 0. The first-order valence-electron chi connectivity index (χ1n) is 2.74. The van der Waals surface area contributed by atoms with Crippen molar-refractivity contribution in [2.45, 2.75) is 18.7 Å². The van der Waals surface area contributed by atoms with Crippen LogP contribution < -0.4 is 0 Å². The topological polar surface area (TPSA) is 25.8 Å². The molecule has 0 saturated heterocycles. The number of hydrogen-bond acceptors (Lipinski definition) is 3. The molecular formula is C5H7BrN2S. The second-order valence-corrected chi connectivity index (χ2v) is 3.28. The van der Waals surface area contributed by atoms with Gasteiger partial charge in [0, 0.05) is 0 Å². The van der Waals surface area contributed by atoms with Crippen molar-refractivity contribution >= 4 is 27.3 Å². The Kier molecular flexibility index (Phi) is 2.60. The molecule has 0 unspecified atom stereocenters. The van der Waals surface area contributed by atoms with E-state index in [1.807, 2.05) is 0 Å². The molecule has 2 nitrogen and oxygen atoms in total. The molecule has 0 atom stereocenters. The maximum absolute atomic E-state index is 3.94. The van der Waals surface area contributed by atoms with Crippen LogP contribution in [0.4, 0.5) is 0 Å². The molecule has 1 aromatic heterocycles. The summed E-state index contributed by atoms with van der Waals surface area (Å²) in [6.45, 7) is 2.08. The normalized spacial score (nSPS) is 10.0. The summed E-state index contributed by atoms with van der Waals surface area (Å²) < 4.78 is 0. The number of aromatic nitrogens is 2. The van der Waals surface area contributed by atoms with Crippen LogP contribution in [-0.2, 0) is 11.8 Å². The van der Waals surface area contributed by atoms with Gasteiger partial charge in [-0.1, -0.05) is 22.9 Å². The van der Waals surface area contributed by atoms with E-state index >= 15 is 0 Å². The second kappa shape index (κ2) is 3.27. The minimum atomic E-state index is 0.824. The highest BCUT2D eigenvalue weighted by Crippen LogP contribution is 2.12. The van der Waals surface area contributed by atoms with E-state index in [2.05, 4.69) is 33.1 Å². The van der Waals surface area contributed by atoms with E-state index in [9.17, 15) is 0 Å². The monoisotopic (exact) mass is 206 g/mol. The van der Waals surface area contributed by atoms with Crippen molar-refractivity contribution in [1.82, 2.24) is 10.2 Å². The Bertz CT molecular complexity index is 168. The highest BCUT2D eigenvalue weighted by Gasteiger charge is 1.97. The minimum Gasteiger partial charge on any atom is -0.144 e. The fraction of sp³-hybridized carbons (Fsp3) is 0.600. The number of nitrogens with zero attached hydrogens (tertiary/aromatic N) is 2. The first-order valence-corrected chi connectivity index (χ1v) is 4.67. The molecule has 0 aliphatic heterocycles. The van der Waals surface area contributed by atoms with Gasteiger partial charge in [0.2, 0.25) is 0 Å². The maximum atomic E-state index is 3.94. The van der Waals surface area contributed by atoms with Gasteiger partial charge in [0.05, 0.1) is 5.33 Å². The first kappa shape index (κ1) is 7.15. The molecule has 0 N–H and O–H groups in total. The molecule has 0 aliphatic rings. The Balaban J connectivity index is 2.74. The van der Waals surface area contributed by atoms with Crippen molar-refractivity contribution in [1.29, 1.82) is 0 Å². The molecule has 0 saturated carbocycles. The molecule has 0 amide bonds. The van der Waals surface area contributed by atoms with Gasteiger partial charge in [0.25, 0.3) is 0 Å². The van der Waals surface area contributed by atoms with Gasteiger partial charge in [-0.3, -0.25) is 0 Å². The molecule has 0 spiro atoms. The van der Waals surface area contributed by atoms with Crippen LogP contribution in [0.25, 0.3) is 0 Å². The van der Waals surface area contributed by atoms with Crippen molar-refractivity contribution < 1.29 is 0 Å². The molecule has 1 heterocycles. The highest BCUT2D eigenvalue weighted by molar-refractivity contribution is 9.08. The number of halogens is 1. The van der Waals surface area contributed by atoms with Gasteiger partial charge < -0.3 is 0 Å². The van der Waals surface area contributed by atoms with Gasteiger partial charge in [-0.2, -0.15) is 0 Å². The summed E-state index contributed by atoms with van der Waals surface area (Å²) in [5.41, 5.74) is 0. The third kappa shape index (κ3) is 1.72. The number of hydrogen-bond donors (Lipinski definition) is 0. The molecule has 0 bridgehead atoms. The standard InChI is InChI=1S/C5H7BrN2S/c1-2-4-7-8-5(3-6)9-4/h2-3H2,1H3. The largest absolute Gasteiger partial charge is 0.144 e. The average molecular weight is 207 g/mol. The molecule has 0 fully saturated rings. The van der Waals surface area contributed by atoms with E-state index in [0.29, 0.717) is 0 Å². The van der Waals surface area contributed by atoms with Crippen LogP contribution in [0.3, 0.4) is 0 Å². The molecule has 0 aliphatic carbocycles. The van der Waals surface area contributed by atoms with E-state index in [1.54, 1.807) is 11.3 Å². The lowest BCUT2D eigenvalue weighted by Crippen LogP contribution is -1.76. The summed E-state index contributed by atoms with van der Waals surface area (Å²) in [5, 5.41) is 10.9. The Morgan fingerprint density at radius 2 is 2.11 bits per heavy atom. The van der Waals surface area contributed by atoms with E-state index in [0.717, 1.165) is 21.8 Å². The lowest BCUT2D eigenvalue weighted by atomic mass is 10.5. The van der Waals surface area contributed by atoms with Gasteiger partial charge in [-0.15, -0.1) is 21.5 Å². The van der Waals surface area contributed by atoms with E-state index in [-0.39, 0.29) is 0 Å². The molecule has 50 valence electrons. The van der Waals surface area contributed by atoms with E-state index in [4.69, 9.17) is 0 Å². The number of alkyl halides is 1. The van der Waals surface area contributed by atoms with Crippen molar-refractivity contribution in [2.75, 3.05) is 0 Å². The fourth-order valence-electron chi connectivity index (χ4n) is 0.485. The zero-order valence-electron chi connectivity index (χ0n) is 5.09. The SMILES string of the molecule is CCc1nnc(CBr)s1. The van der Waals surface area contributed by atoms with Gasteiger partial charge in [0.1, 0.15) is 10.0 Å². The van der Waals surface area contributed by atoms with Gasteiger partial charge in [0.15, 0.2) is 0 Å². The first-order chi connectivity index (χ1) is 4.36. The summed E-state index contributed by atoms with van der Waals surface area (Å²) in [5.74, 6) is 0. The molecule has 1 aromatic rings. The van der Waals surface area contributed by atoms with Crippen LogP contribution in [0.15, 0.2) is 0 Å². The Morgan fingerprint density at radius 1 is 1.44 bits per heavy atom. The summed E-state index contributed by atoms with van der Waals surface area (Å²) in [4.78, 5) is 0. The molecular weight excluding hydrogens is 200 g/mol. The molecule has 1 rings (SSSR count). The Hall–Kier alpha value is 0.0400. The van der Waals surface area contributed by atoms with Crippen LogP contribution in [0.5, 0.6) is 0 Å². The Labute approximate surface area is 66.4 Å². The summed E-state index contributed by atoms with van der Waals surface area (Å²) >= 11 is 4.97. The molecule has 0 aromatic carbocycles. The van der Waals surface area contributed by atoms with Crippen molar-refractivity contribution in [3.05, 3.63) is 10.0 Å². The highest BCUT2D eigenvalue weighted by atomic mass is 79.9. The third-order valence-corrected chi connectivity index (χ3v) is 2.90. The van der Waals surface area contributed by atoms with Crippen LogP contribution >= 0.6 is 27.3 Å². The quantitative estimate of drug-likeness (QED) is 0.693. The zero-order valence-corrected chi connectivity index (χ0v) is 7.50. The van der Waals surface area contributed by atoms with Crippen LogP contribution in [-0.4, -0.2) is 10.2 Å². The van der Waals surface area contributed by atoms with Gasteiger partial charge >= 0.3 is 0 Å². The van der Waals surface area contributed by atoms with Crippen LogP contribution in [0, 0.1) is 0 Å². The van der Waals surface area contributed by atoms with Gasteiger partial charge in [-0.25, -0.2) is 0 Å². The van der Waals surface area contributed by atoms with E-state index < -0.39 is 0 Å². The average Bonchev–Trinajstić information content (AvgIpc) is 2.34. The van der Waals surface area contributed by atoms with Crippen molar-refractivity contribution in [2.24, 2.45) is 0 Å². The zero-order chi connectivity index (χ0) is 6.69. The minimum absolute atomic E-state index is 0.824.